The Hall–Kier alpha value is -1.27. The van der Waals surface area contributed by atoms with Crippen molar-refractivity contribution in [2.75, 3.05) is 0 Å². The van der Waals surface area contributed by atoms with Gasteiger partial charge in [-0.15, -0.1) is 11.6 Å². The van der Waals surface area contributed by atoms with Crippen LogP contribution >= 0.6 is 11.6 Å². The van der Waals surface area contributed by atoms with Crippen molar-refractivity contribution in [2.24, 2.45) is 11.8 Å². The molecule has 0 fully saturated rings. The van der Waals surface area contributed by atoms with Crippen molar-refractivity contribution in [1.82, 2.24) is 0 Å². The van der Waals surface area contributed by atoms with Crippen LogP contribution in [0.4, 0.5) is 0 Å². The van der Waals surface area contributed by atoms with Gasteiger partial charge in [-0.1, -0.05) is 74.3 Å². The molecule has 0 nitrogen and oxygen atoms in total. The first-order valence-electron chi connectivity index (χ1n) is 10.6. The molecule has 0 bridgehead atoms. The molecule has 138 valence electrons. The standard InChI is InChI=1S/C25H31Cl/c1-3-5-11-19-21-13-14-24(26)25(21)20(12-6-4-2)23-16-18-10-8-7-9-17(18)15-22(19)23/h7-10,13-14,21,24-25H,3-6,11-12,15-16H2,1-2H3. The molecule has 0 aromatic heterocycles. The van der Waals surface area contributed by atoms with E-state index in [9.17, 15) is 0 Å². The van der Waals surface area contributed by atoms with Crippen molar-refractivity contribution in [2.45, 2.75) is 70.6 Å². The largest absolute Gasteiger partial charge is 0.118 e. The van der Waals surface area contributed by atoms with Crippen LogP contribution in [0.3, 0.4) is 0 Å². The maximum atomic E-state index is 6.85. The summed E-state index contributed by atoms with van der Waals surface area (Å²) in [5, 5.41) is 0.176. The molecule has 0 aliphatic heterocycles. The molecule has 3 atom stereocenters. The second kappa shape index (κ2) is 7.77. The van der Waals surface area contributed by atoms with Gasteiger partial charge < -0.3 is 0 Å². The van der Waals surface area contributed by atoms with E-state index in [2.05, 4.69) is 50.3 Å². The van der Waals surface area contributed by atoms with E-state index in [1.54, 1.807) is 22.3 Å². The van der Waals surface area contributed by atoms with Crippen LogP contribution in [0.25, 0.3) is 0 Å². The van der Waals surface area contributed by atoms with E-state index in [1.807, 2.05) is 0 Å². The van der Waals surface area contributed by atoms with Crippen LogP contribution in [0.5, 0.6) is 0 Å². The minimum absolute atomic E-state index is 0.176. The third-order valence-electron chi connectivity index (χ3n) is 6.63. The number of benzene rings is 1. The molecule has 0 N–H and O–H groups in total. The van der Waals surface area contributed by atoms with Gasteiger partial charge in [0, 0.05) is 11.8 Å². The molecule has 1 aromatic rings. The molecule has 3 unspecified atom stereocenters. The molecule has 1 heteroatoms. The minimum Gasteiger partial charge on any atom is -0.118 e. The van der Waals surface area contributed by atoms with E-state index >= 15 is 0 Å². The number of fused-ring (bicyclic) bond motifs is 3. The molecule has 0 radical (unpaired) electrons. The second-order valence-corrected chi connectivity index (χ2v) is 8.72. The Labute approximate surface area is 164 Å². The number of alkyl halides is 1. The van der Waals surface area contributed by atoms with Crippen molar-refractivity contribution in [1.29, 1.82) is 0 Å². The zero-order valence-corrected chi connectivity index (χ0v) is 17.0. The number of halogens is 1. The van der Waals surface area contributed by atoms with Crippen molar-refractivity contribution < 1.29 is 0 Å². The molecule has 3 aliphatic carbocycles. The zero-order chi connectivity index (χ0) is 18.1. The quantitative estimate of drug-likeness (QED) is 0.369. The number of unbranched alkanes of at least 4 members (excludes halogenated alkanes) is 2. The third-order valence-corrected chi connectivity index (χ3v) is 7.05. The highest BCUT2D eigenvalue weighted by Crippen LogP contribution is 2.52. The van der Waals surface area contributed by atoms with Gasteiger partial charge in [0.1, 0.15) is 0 Å². The lowest BCUT2D eigenvalue weighted by Crippen LogP contribution is -2.30. The summed E-state index contributed by atoms with van der Waals surface area (Å²) in [5.74, 6) is 1.07. The molecule has 1 aromatic carbocycles. The van der Waals surface area contributed by atoms with E-state index in [1.165, 1.54) is 49.7 Å². The summed E-state index contributed by atoms with van der Waals surface area (Å²) in [6, 6.07) is 9.07. The Morgan fingerprint density at radius 2 is 1.42 bits per heavy atom. The number of rotatable bonds is 6. The van der Waals surface area contributed by atoms with Crippen molar-refractivity contribution in [3.63, 3.8) is 0 Å². The fourth-order valence-corrected chi connectivity index (χ4v) is 5.68. The highest BCUT2D eigenvalue weighted by atomic mass is 35.5. The summed E-state index contributed by atoms with van der Waals surface area (Å²) in [4.78, 5) is 0. The Bertz CT molecular complexity index is 764. The zero-order valence-electron chi connectivity index (χ0n) is 16.2. The van der Waals surface area contributed by atoms with Gasteiger partial charge in [-0.05, 0) is 60.8 Å². The summed E-state index contributed by atoms with van der Waals surface area (Å²) >= 11 is 6.85. The minimum atomic E-state index is 0.176. The van der Waals surface area contributed by atoms with Crippen LogP contribution in [0.2, 0.25) is 0 Å². The van der Waals surface area contributed by atoms with Gasteiger partial charge in [0.2, 0.25) is 0 Å². The highest BCUT2D eigenvalue weighted by molar-refractivity contribution is 6.22. The SMILES string of the molecule is CCCCC1=C2Cc3ccccc3CC2=C(CCCC)C2C(Cl)C=CC12. The van der Waals surface area contributed by atoms with Gasteiger partial charge in [0.15, 0.2) is 0 Å². The first-order chi connectivity index (χ1) is 12.7. The van der Waals surface area contributed by atoms with Crippen LogP contribution in [0.1, 0.15) is 63.5 Å². The van der Waals surface area contributed by atoms with Gasteiger partial charge in [0.25, 0.3) is 0 Å². The monoisotopic (exact) mass is 366 g/mol. The van der Waals surface area contributed by atoms with Crippen molar-refractivity contribution >= 4 is 11.6 Å². The topological polar surface area (TPSA) is 0 Å². The predicted octanol–water partition coefficient (Wildman–Crippen LogP) is 7.18. The summed E-state index contributed by atoms with van der Waals surface area (Å²) in [7, 11) is 0. The Kier molecular flexibility index (Phi) is 5.41. The van der Waals surface area contributed by atoms with E-state index in [-0.39, 0.29) is 5.38 Å². The molecule has 4 rings (SSSR count). The molecule has 0 saturated heterocycles. The highest BCUT2D eigenvalue weighted by Gasteiger charge is 2.41. The van der Waals surface area contributed by atoms with Gasteiger partial charge in [-0.2, -0.15) is 0 Å². The average Bonchev–Trinajstić information content (AvgIpc) is 3.04. The number of hydrogen-bond acceptors (Lipinski definition) is 0. The lowest BCUT2D eigenvalue weighted by atomic mass is 9.66. The summed E-state index contributed by atoms with van der Waals surface area (Å²) in [6.07, 6.45) is 14.5. The van der Waals surface area contributed by atoms with Gasteiger partial charge >= 0.3 is 0 Å². The van der Waals surface area contributed by atoms with E-state index in [0.717, 1.165) is 12.8 Å². The maximum absolute atomic E-state index is 6.85. The average molecular weight is 367 g/mol. The van der Waals surface area contributed by atoms with Crippen LogP contribution in [-0.2, 0) is 12.8 Å². The fourth-order valence-electron chi connectivity index (χ4n) is 5.29. The number of hydrogen-bond donors (Lipinski definition) is 0. The molecule has 0 saturated carbocycles. The molecule has 3 aliphatic rings. The van der Waals surface area contributed by atoms with Gasteiger partial charge in [0.05, 0.1) is 5.38 Å². The van der Waals surface area contributed by atoms with E-state index in [4.69, 9.17) is 11.6 Å². The first kappa shape index (κ1) is 18.1. The Balaban J connectivity index is 1.84. The summed E-state index contributed by atoms with van der Waals surface area (Å²) < 4.78 is 0. The summed E-state index contributed by atoms with van der Waals surface area (Å²) in [5.41, 5.74) is 9.81. The number of allylic oxidation sites excluding steroid dienone is 6. The Morgan fingerprint density at radius 1 is 0.846 bits per heavy atom. The smallest absolute Gasteiger partial charge is 0.0590 e. The van der Waals surface area contributed by atoms with E-state index in [0.29, 0.717) is 11.8 Å². The predicted molar refractivity (Wildman–Crippen MR) is 113 cm³/mol. The fraction of sp³-hybridized carbons (Fsp3) is 0.520. The van der Waals surface area contributed by atoms with E-state index < -0.39 is 0 Å². The molecule has 0 spiro atoms. The van der Waals surface area contributed by atoms with Crippen LogP contribution < -0.4 is 0 Å². The first-order valence-corrected chi connectivity index (χ1v) is 11.0. The third kappa shape index (κ3) is 3.11. The molecule has 0 amide bonds. The maximum Gasteiger partial charge on any atom is 0.0590 e. The Morgan fingerprint density at radius 3 is 2.04 bits per heavy atom. The molecular weight excluding hydrogens is 336 g/mol. The van der Waals surface area contributed by atoms with Crippen LogP contribution in [0, 0.1) is 11.8 Å². The molecule has 0 heterocycles. The molecule has 26 heavy (non-hydrogen) atoms. The second-order valence-electron chi connectivity index (χ2n) is 8.22. The lowest BCUT2D eigenvalue weighted by molar-refractivity contribution is 0.480. The lowest BCUT2D eigenvalue weighted by Gasteiger charge is -2.39. The summed E-state index contributed by atoms with van der Waals surface area (Å²) in [6.45, 7) is 4.61. The normalized spacial score (nSPS) is 26.8. The van der Waals surface area contributed by atoms with Crippen LogP contribution in [0.15, 0.2) is 58.7 Å². The van der Waals surface area contributed by atoms with Gasteiger partial charge in [-0.25, -0.2) is 0 Å². The van der Waals surface area contributed by atoms with Crippen molar-refractivity contribution in [3.8, 4) is 0 Å². The van der Waals surface area contributed by atoms with Crippen molar-refractivity contribution in [3.05, 3.63) is 69.8 Å². The van der Waals surface area contributed by atoms with Gasteiger partial charge in [-0.3, -0.25) is 0 Å². The molecular formula is C25H31Cl. The van der Waals surface area contributed by atoms with Crippen LogP contribution in [-0.4, -0.2) is 5.38 Å².